The molecule has 0 saturated carbocycles. The van der Waals surface area contributed by atoms with E-state index in [1.54, 1.807) is 0 Å². The molecule has 1 aromatic carbocycles. The van der Waals surface area contributed by atoms with Crippen LogP contribution in [0, 0.1) is 0 Å². The molecule has 114 valence electrons. The van der Waals surface area contributed by atoms with Crippen molar-refractivity contribution in [2.75, 3.05) is 44.6 Å². The Morgan fingerprint density at radius 1 is 1.24 bits per heavy atom. The van der Waals surface area contributed by atoms with Gasteiger partial charge in [-0.1, -0.05) is 19.1 Å². The van der Waals surface area contributed by atoms with Gasteiger partial charge in [0.15, 0.2) is 5.58 Å². The molecule has 1 aromatic heterocycles. The third-order valence-electron chi connectivity index (χ3n) is 4.32. The number of fused-ring (bicyclic) bond motifs is 1. The van der Waals surface area contributed by atoms with E-state index in [1.807, 2.05) is 24.3 Å². The summed E-state index contributed by atoms with van der Waals surface area (Å²) in [6.07, 6.45) is 0. The largest absolute Gasteiger partial charge is 0.424 e. The first-order chi connectivity index (χ1) is 10.3. The second-order valence-electron chi connectivity index (χ2n) is 5.69. The molecule has 5 nitrogen and oxygen atoms in total. The highest BCUT2D eigenvalue weighted by Gasteiger charge is 2.20. The van der Waals surface area contributed by atoms with E-state index in [2.05, 4.69) is 33.9 Å². The molecular weight excluding hydrogens is 264 g/mol. The molecule has 1 saturated heterocycles. The number of rotatable bonds is 5. The lowest BCUT2D eigenvalue weighted by Crippen LogP contribution is -2.51. The fourth-order valence-electron chi connectivity index (χ4n) is 2.83. The minimum atomic E-state index is 0.485. The Morgan fingerprint density at radius 3 is 2.71 bits per heavy atom. The molecule has 0 bridgehead atoms. The SMILES string of the molecule is CCN1CCN(C(C)CNc2nc3ccccc3o2)CC1. The average molecular weight is 288 g/mol. The zero-order valence-electron chi connectivity index (χ0n) is 12.9. The Kier molecular flexibility index (Phi) is 4.41. The van der Waals surface area contributed by atoms with Gasteiger partial charge in [-0.05, 0) is 25.6 Å². The van der Waals surface area contributed by atoms with Gasteiger partial charge in [-0.3, -0.25) is 4.90 Å². The van der Waals surface area contributed by atoms with Gasteiger partial charge in [0.2, 0.25) is 0 Å². The highest BCUT2D eigenvalue weighted by molar-refractivity contribution is 5.74. The van der Waals surface area contributed by atoms with Crippen molar-refractivity contribution in [3.8, 4) is 0 Å². The normalized spacial score (nSPS) is 19.0. The number of para-hydroxylation sites is 2. The van der Waals surface area contributed by atoms with Gasteiger partial charge in [-0.25, -0.2) is 0 Å². The van der Waals surface area contributed by atoms with Crippen molar-refractivity contribution in [3.05, 3.63) is 24.3 Å². The molecule has 1 aliphatic heterocycles. The number of oxazole rings is 1. The quantitative estimate of drug-likeness (QED) is 0.914. The zero-order valence-corrected chi connectivity index (χ0v) is 12.9. The van der Waals surface area contributed by atoms with Crippen molar-refractivity contribution >= 4 is 17.1 Å². The topological polar surface area (TPSA) is 44.5 Å². The average Bonchev–Trinajstić information content (AvgIpc) is 2.95. The molecule has 0 amide bonds. The molecule has 2 aromatic rings. The fraction of sp³-hybridized carbons (Fsp3) is 0.562. The highest BCUT2D eigenvalue weighted by Crippen LogP contribution is 2.18. The lowest BCUT2D eigenvalue weighted by molar-refractivity contribution is 0.110. The predicted molar refractivity (Wildman–Crippen MR) is 85.6 cm³/mol. The van der Waals surface area contributed by atoms with Crippen LogP contribution in [0.25, 0.3) is 11.1 Å². The summed E-state index contributed by atoms with van der Waals surface area (Å²) < 4.78 is 5.69. The molecular formula is C16H24N4O. The summed E-state index contributed by atoms with van der Waals surface area (Å²) in [6, 6.07) is 8.96. The van der Waals surface area contributed by atoms with Gasteiger partial charge in [-0.2, -0.15) is 4.98 Å². The summed E-state index contributed by atoms with van der Waals surface area (Å²) in [7, 11) is 0. The maximum Gasteiger partial charge on any atom is 0.295 e. The molecule has 3 rings (SSSR count). The smallest absolute Gasteiger partial charge is 0.295 e. The van der Waals surface area contributed by atoms with Crippen molar-refractivity contribution in [2.24, 2.45) is 0 Å². The van der Waals surface area contributed by atoms with Crippen molar-refractivity contribution in [1.82, 2.24) is 14.8 Å². The van der Waals surface area contributed by atoms with Crippen molar-refractivity contribution in [2.45, 2.75) is 19.9 Å². The minimum Gasteiger partial charge on any atom is -0.424 e. The zero-order chi connectivity index (χ0) is 14.7. The van der Waals surface area contributed by atoms with Crippen LogP contribution in [0.4, 0.5) is 6.01 Å². The number of hydrogen-bond donors (Lipinski definition) is 1. The standard InChI is InChI=1S/C16H24N4O/c1-3-19-8-10-20(11-9-19)13(2)12-17-16-18-14-6-4-5-7-15(14)21-16/h4-7,13H,3,8-12H2,1-2H3,(H,17,18). The molecule has 1 atom stereocenters. The highest BCUT2D eigenvalue weighted by atomic mass is 16.4. The summed E-state index contributed by atoms with van der Waals surface area (Å²) >= 11 is 0. The van der Waals surface area contributed by atoms with Crippen LogP contribution in [-0.4, -0.2) is 60.1 Å². The van der Waals surface area contributed by atoms with E-state index in [9.17, 15) is 0 Å². The van der Waals surface area contributed by atoms with E-state index < -0.39 is 0 Å². The second-order valence-corrected chi connectivity index (χ2v) is 5.69. The summed E-state index contributed by atoms with van der Waals surface area (Å²) in [6.45, 7) is 11.1. The van der Waals surface area contributed by atoms with E-state index in [1.165, 1.54) is 13.1 Å². The summed E-state index contributed by atoms with van der Waals surface area (Å²) in [4.78, 5) is 9.48. The van der Waals surface area contributed by atoms with Gasteiger partial charge >= 0.3 is 0 Å². The molecule has 1 N–H and O–H groups in total. The number of anilines is 1. The van der Waals surface area contributed by atoms with Crippen LogP contribution in [0.3, 0.4) is 0 Å². The number of nitrogens with one attached hydrogen (secondary N) is 1. The lowest BCUT2D eigenvalue weighted by atomic mass is 10.2. The van der Waals surface area contributed by atoms with E-state index in [0.717, 1.165) is 37.3 Å². The number of likely N-dealkylation sites (N-methyl/N-ethyl adjacent to an activating group) is 1. The van der Waals surface area contributed by atoms with Gasteiger partial charge in [0.05, 0.1) is 0 Å². The number of piperazine rings is 1. The monoisotopic (exact) mass is 288 g/mol. The number of aromatic nitrogens is 1. The third-order valence-corrected chi connectivity index (χ3v) is 4.32. The summed E-state index contributed by atoms with van der Waals surface area (Å²) in [5.74, 6) is 0. The van der Waals surface area contributed by atoms with Crippen LogP contribution in [-0.2, 0) is 0 Å². The van der Waals surface area contributed by atoms with Crippen LogP contribution < -0.4 is 5.32 Å². The van der Waals surface area contributed by atoms with Crippen LogP contribution in [0.2, 0.25) is 0 Å². The van der Waals surface area contributed by atoms with Crippen LogP contribution in [0.1, 0.15) is 13.8 Å². The molecule has 5 heteroatoms. The van der Waals surface area contributed by atoms with Gasteiger partial charge in [0, 0.05) is 38.8 Å². The molecule has 0 radical (unpaired) electrons. The molecule has 2 heterocycles. The van der Waals surface area contributed by atoms with Crippen molar-refractivity contribution in [3.63, 3.8) is 0 Å². The Morgan fingerprint density at radius 2 is 2.00 bits per heavy atom. The molecule has 0 spiro atoms. The summed E-state index contributed by atoms with van der Waals surface area (Å²) in [5.41, 5.74) is 1.74. The fourth-order valence-corrected chi connectivity index (χ4v) is 2.83. The Balaban J connectivity index is 1.52. The minimum absolute atomic E-state index is 0.485. The van der Waals surface area contributed by atoms with E-state index in [0.29, 0.717) is 12.1 Å². The number of nitrogens with zero attached hydrogens (tertiary/aromatic N) is 3. The Hall–Kier alpha value is -1.59. The van der Waals surface area contributed by atoms with Gasteiger partial charge in [0.1, 0.15) is 5.52 Å². The number of benzene rings is 1. The van der Waals surface area contributed by atoms with Crippen molar-refractivity contribution in [1.29, 1.82) is 0 Å². The van der Waals surface area contributed by atoms with E-state index in [4.69, 9.17) is 4.42 Å². The maximum atomic E-state index is 5.69. The number of hydrogen-bond acceptors (Lipinski definition) is 5. The lowest BCUT2D eigenvalue weighted by Gasteiger charge is -2.37. The summed E-state index contributed by atoms with van der Waals surface area (Å²) in [5, 5.41) is 3.32. The third kappa shape index (κ3) is 3.36. The molecule has 21 heavy (non-hydrogen) atoms. The maximum absolute atomic E-state index is 5.69. The van der Waals surface area contributed by atoms with Gasteiger partial charge in [-0.15, -0.1) is 0 Å². The van der Waals surface area contributed by atoms with Crippen LogP contribution >= 0.6 is 0 Å². The Labute approximate surface area is 125 Å². The molecule has 0 aliphatic carbocycles. The first-order valence-electron chi connectivity index (χ1n) is 7.82. The van der Waals surface area contributed by atoms with E-state index >= 15 is 0 Å². The first kappa shape index (κ1) is 14.4. The van der Waals surface area contributed by atoms with E-state index in [-0.39, 0.29) is 0 Å². The van der Waals surface area contributed by atoms with Crippen LogP contribution in [0.5, 0.6) is 0 Å². The van der Waals surface area contributed by atoms with Crippen molar-refractivity contribution < 1.29 is 4.42 Å². The molecule has 1 fully saturated rings. The molecule has 1 aliphatic rings. The first-order valence-corrected chi connectivity index (χ1v) is 7.82. The van der Waals surface area contributed by atoms with Gasteiger partial charge < -0.3 is 14.6 Å². The van der Waals surface area contributed by atoms with Crippen LogP contribution in [0.15, 0.2) is 28.7 Å². The predicted octanol–water partition coefficient (Wildman–Crippen LogP) is 2.27. The Bertz CT molecular complexity index is 541. The van der Waals surface area contributed by atoms with Gasteiger partial charge in [0.25, 0.3) is 6.01 Å². The molecule has 1 unspecified atom stereocenters. The second kappa shape index (κ2) is 6.45.